The van der Waals surface area contributed by atoms with Crippen molar-refractivity contribution in [2.45, 2.75) is 63.7 Å². The molecule has 3 aliphatic rings. The Morgan fingerprint density at radius 2 is 2.12 bits per heavy atom. The molecule has 1 amide bonds. The number of rotatable bonds is 5. The average molecular weight is 436 g/mol. The SMILES string of the molecule is Cc1cc(C2NNC3CCC(C(=O)N[C@@H]4CCCN(Cc5ccncn5)C4)CC32)ccn1. The predicted molar refractivity (Wildman–Crippen MR) is 121 cm³/mol. The Kier molecular flexibility index (Phi) is 6.43. The van der Waals surface area contributed by atoms with Crippen LogP contribution in [0.15, 0.2) is 36.9 Å². The first kappa shape index (κ1) is 21.4. The van der Waals surface area contributed by atoms with Gasteiger partial charge in [0, 0.05) is 49.2 Å². The maximum absolute atomic E-state index is 13.2. The molecular formula is C24H33N7O. The van der Waals surface area contributed by atoms with Crippen molar-refractivity contribution in [2.24, 2.45) is 11.8 Å². The maximum atomic E-state index is 13.2. The normalized spacial score (nSPS) is 30.6. The van der Waals surface area contributed by atoms with Gasteiger partial charge in [-0.05, 0) is 75.3 Å². The van der Waals surface area contributed by atoms with E-state index in [-0.39, 0.29) is 23.9 Å². The van der Waals surface area contributed by atoms with Crippen LogP contribution in [-0.4, -0.2) is 50.9 Å². The van der Waals surface area contributed by atoms with E-state index in [9.17, 15) is 4.79 Å². The molecule has 32 heavy (non-hydrogen) atoms. The van der Waals surface area contributed by atoms with E-state index in [4.69, 9.17) is 0 Å². The van der Waals surface area contributed by atoms with Gasteiger partial charge in [0.05, 0.1) is 11.7 Å². The minimum absolute atomic E-state index is 0.0839. The van der Waals surface area contributed by atoms with Gasteiger partial charge in [0.25, 0.3) is 0 Å². The quantitative estimate of drug-likeness (QED) is 0.660. The summed E-state index contributed by atoms with van der Waals surface area (Å²) in [6.07, 6.45) is 10.3. The lowest BCUT2D eigenvalue weighted by atomic mass is 9.74. The summed E-state index contributed by atoms with van der Waals surface area (Å²) in [6.45, 7) is 4.77. The highest BCUT2D eigenvalue weighted by atomic mass is 16.2. The van der Waals surface area contributed by atoms with Gasteiger partial charge in [0.15, 0.2) is 0 Å². The van der Waals surface area contributed by atoms with Crippen molar-refractivity contribution in [1.82, 2.24) is 36.0 Å². The molecule has 1 saturated carbocycles. The molecule has 0 aromatic carbocycles. The van der Waals surface area contributed by atoms with E-state index in [1.165, 1.54) is 5.56 Å². The molecule has 5 rings (SSSR count). The fourth-order valence-electron chi connectivity index (χ4n) is 5.66. The Morgan fingerprint density at radius 3 is 2.97 bits per heavy atom. The van der Waals surface area contributed by atoms with E-state index in [0.29, 0.717) is 12.0 Å². The van der Waals surface area contributed by atoms with Crippen LogP contribution in [0.3, 0.4) is 0 Å². The second-order valence-electron chi connectivity index (χ2n) is 9.56. The molecule has 170 valence electrons. The Bertz CT molecular complexity index is 924. The number of likely N-dealkylation sites (tertiary alicyclic amines) is 1. The van der Waals surface area contributed by atoms with Crippen LogP contribution in [0.25, 0.3) is 0 Å². The third-order valence-electron chi connectivity index (χ3n) is 7.28. The fraction of sp³-hybridized carbons (Fsp3) is 0.583. The van der Waals surface area contributed by atoms with Crippen molar-refractivity contribution in [3.8, 4) is 0 Å². The van der Waals surface area contributed by atoms with Crippen LogP contribution in [0.5, 0.6) is 0 Å². The first-order valence-corrected chi connectivity index (χ1v) is 11.9. The largest absolute Gasteiger partial charge is 0.352 e. The van der Waals surface area contributed by atoms with Crippen LogP contribution in [0.2, 0.25) is 0 Å². The standard InChI is InChI=1S/C24H33N7O/c1-16-11-17(6-9-26-16)23-21-12-18(4-5-22(21)29-30-23)24(32)28-20-3-2-10-31(14-20)13-19-7-8-25-15-27-19/h6-9,11,15,18,20-23,29-30H,2-5,10,12-14H2,1H3,(H,28,32)/t18?,20-,21?,22?,23?/m1/s1. The zero-order valence-corrected chi connectivity index (χ0v) is 18.7. The number of hydrogen-bond donors (Lipinski definition) is 3. The number of aryl methyl sites for hydroxylation is 1. The van der Waals surface area contributed by atoms with Crippen LogP contribution in [0, 0.1) is 18.8 Å². The zero-order chi connectivity index (χ0) is 21.9. The molecule has 2 aromatic rings. The summed E-state index contributed by atoms with van der Waals surface area (Å²) in [5.74, 6) is 0.733. The monoisotopic (exact) mass is 435 g/mol. The molecule has 5 atom stereocenters. The highest BCUT2D eigenvalue weighted by molar-refractivity contribution is 5.79. The first-order valence-electron chi connectivity index (χ1n) is 11.9. The fourth-order valence-corrected chi connectivity index (χ4v) is 5.66. The summed E-state index contributed by atoms with van der Waals surface area (Å²) >= 11 is 0. The third-order valence-corrected chi connectivity index (χ3v) is 7.28. The smallest absolute Gasteiger partial charge is 0.223 e. The Hall–Kier alpha value is -2.42. The van der Waals surface area contributed by atoms with E-state index >= 15 is 0 Å². The molecule has 4 heterocycles. The number of hydrogen-bond acceptors (Lipinski definition) is 7. The van der Waals surface area contributed by atoms with E-state index in [0.717, 1.165) is 63.1 Å². The van der Waals surface area contributed by atoms with Gasteiger partial charge in [-0.15, -0.1) is 0 Å². The maximum Gasteiger partial charge on any atom is 0.223 e. The zero-order valence-electron chi connectivity index (χ0n) is 18.7. The number of fused-ring (bicyclic) bond motifs is 1. The molecule has 8 heteroatoms. The van der Waals surface area contributed by atoms with Crippen molar-refractivity contribution in [1.29, 1.82) is 0 Å². The molecule has 0 spiro atoms. The van der Waals surface area contributed by atoms with Gasteiger partial charge in [-0.1, -0.05) is 0 Å². The Balaban J connectivity index is 1.18. The summed E-state index contributed by atoms with van der Waals surface area (Å²) in [5.41, 5.74) is 10.3. The number of nitrogens with zero attached hydrogens (tertiary/aromatic N) is 4. The summed E-state index contributed by atoms with van der Waals surface area (Å²) < 4.78 is 0. The molecule has 1 aliphatic carbocycles. The van der Waals surface area contributed by atoms with Gasteiger partial charge in [0.2, 0.25) is 5.91 Å². The molecule has 2 aliphatic heterocycles. The van der Waals surface area contributed by atoms with Crippen molar-refractivity contribution in [2.75, 3.05) is 13.1 Å². The molecular weight excluding hydrogens is 402 g/mol. The van der Waals surface area contributed by atoms with Crippen molar-refractivity contribution >= 4 is 5.91 Å². The molecule has 2 aromatic heterocycles. The van der Waals surface area contributed by atoms with E-state index in [1.54, 1.807) is 12.5 Å². The lowest BCUT2D eigenvalue weighted by Crippen LogP contribution is -2.50. The van der Waals surface area contributed by atoms with Crippen LogP contribution in [0.4, 0.5) is 0 Å². The number of hydrazine groups is 1. The average Bonchev–Trinajstić information content (AvgIpc) is 3.23. The highest BCUT2D eigenvalue weighted by Crippen LogP contribution is 2.40. The number of pyridine rings is 1. The number of nitrogens with one attached hydrogen (secondary N) is 3. The number of aromatic nitrogens is 3. The third kappa shape index (κ3) is 4.82. The lowest BCUT2D eigenvalue weighted by Gasteiger charge is -2.36. The van der Waals surface area contributed by atoms with Crippen molar-refractivity contribution in [3.05, 3.63) is 53.9 Å². The van der Waals surface area contributed by atoms with Crippen molar-refractivity contribution in [3.63, 3.8) is 0 Å². The van der Waals surface area contributed by atoms with Gasteiger partial charge in [0.1, 0.15) is 6.33 Å². The lowest BCUT2D eigenvalue weighted by molar-refractivity contribution is -0.127. The van der Waals surface area contributed by atoms with Crippen LogP contribution >= 0.6 is 0 Å². The summed E-state index contributed by atoms with van der Waals surface area (Å²) in [5, 5.41) is 3.38. The predicted octanol–water partition coefficient (Wildman–Crippen LogP) is 1.89. The van der Waals surface area contributed by atoms with Gasteiger partial charge < -0.3 is 5.32 Å². The van der Waals surface area contributed by atoms with E-state index in [2.05, 4.69) is 48.2 Å². The minimum Gasteiger partial charge on any atom is -0.352 e. The number of carbonyl (C=O) groups excluding carboxylic acids is 1. The molecule has 8 nitrogen and oxygen atoms in total. The summed E-state index contributed by atoms with van der Waals surface area (Å²) in [6, 6.07) is 7.08. The van der Waals surface area contributed by atoms with Crippen LogP contribution in [0.1, 0.15) is 55.1 Å². The van der Waals surface area contributed by atoms with E-state index < -0.39 is 0 Å². The molecule has 4 unspecified atom stereocenters. The topological polar surface area (TPSA) is 95.1 Å². The first-order chi connectivity index (χ1) is 15.7. The van der Waals surface area contributed by atoms with E-state index in [1.807, 2.05) is 19.2 Å². The highest BCUT2D eigenvalue weighted by Gasteiger charge is 2.43. The number of amides is 1. The molecule has 3 fully saturated rings. The summed E-state index contributed by atoms with van der Waals surface area (Å²) in [4.78, 5) is 28.3. The molecule has 0 radical (unpaired) electrons. The second-order valence-corrected chi connectivity index (χ2v) is 9.56. The van der Waals surface area contributed by atoms with Gasteiger partial charge in [-0.2, -0.15) is 0 Å². The molecule has 3 N–H and O–H groups in total. The van der Waals surface area contributed by atoms with Crippen LogP contribution < -0.4 is 16.2 Å². The minimum atomic E-state index is 0.0839. The number of piperidine rings is 1. The molecule has 0 bridgehead atoms. The van der Waals surface area contributed by atoms with Crippen molar-refractivity contribution < 1.29 is 4.79 Å². The van der Waals surface area contributed by atoms with Crippen LogP contribution in [-0.2, 0) is 11.3 Å². The Morgan fingerprint density at radius 1 is 1.19 bits per heavy atom. The summed E-state index contributed by atoms with van der Waals surface area (Å²) in [7, 11) is 0. The Labute approximate surface area is 189 Å². The second kappa shape index (κ2) is 9.60. The molecule has 2 saturated heterocycles. The van der Waals surface area contributed by atoms with Gasteiger partial charge in [-0.25, -0.2) is 15.4 Å². The van der Waals surface area contributed by atoms with Gasteiger partial charge in [-0.3, -0.25) is 20.1 Å². The number of carbonyl (C=O) groups is 1. The van der Waals surface area contributed by atoms with Gasteiger partial charge >= 0.3 is 0 Å².